The Kier molecular flexibility index (Phi) is 6.56. The molecule has 158 valence electrons. The van der Waals surface area contributed by atoms with E-state index in [1.54, 1.807) is 32.5 Å². The van der Waals surface area contributed by atoms with Gasteiger partial charge in [0.25, 0.3) is 0 Å². The molecule has 1 amide bonds. The normalized spacial score (nSPS) is 11.1. The van der Waals surface area contributed by atoms with Crippen LogP contribution in [0.2, 0.25) is 0 Å². The number of rotatable bonds is 3. The van der Waals surface area contributed by atoms with Gasteiger partial charge < -0.3 is 9.47 Å². The summed E-state index contributed by atoms with van der Waals surface area (Å²) in [4.78, 5) is 22.4. The number of allylic oxidation sites excluding steroid dienone is 1. The van der Waals surface area contributed by atoms with Crippen molar-refractivity contribution in [1.29, 1.82) is 0 Å². The Labute approximate surface area is 182 Å². The number of fused-ring (bicyclic) bond motifs is 1. The largest absolute Gasteiger partial charge is 0.497 e. The highest BCUT2D eigenvalue weighted by Gasteiger charge is 2.21. The Morgan fingerprint density at radius 1 is 1.13 bits per heavy atom. The van der Waals surface area contributed by atoms with Crippen molar-refractivity contribution in [1.82, 2.24) is 9.97 Å². The number of methoxy groups -OCH3 is 1. The van der Waals surface area contributed by atoms with Crippen molar-refractivity contribution in [3.05, 3.63) is 66.0 Å². The molecule has 6 nitrogen and oxygen atoms in total. The highest BCUT2D eigenvalue weighted by atomic mass is 16.6. The first kappa shape index (κ1) is 21.8. The van der Waals surface area contributed by atoms with Crippen LogP contribution in [0.15, 0.2) is 54.7 Å². The molecule has 1 aromatic carbocycles. The number of benzene rings is 1. The molecule has 2 heterocycles. The van der Waals surface area contributed by atoms with Crippen LogP contribution in [0.1, 0.15) is 32.0 Å². The Morgan fingerprint density at radius 2 is 1.94 bits per heavy atom. The maximum atomic E-state index is 12.1. The molecule has 0 aliphatic rings. The zero-order chi connectivity index (χ0) is 22.4. The van der Waals surface area contributed by atoms with E-state index in [9.17, 15) is 4.79 Å². The van der Waals surface area contributed by atoms with Gasteiger partial charge in [0.1, 0.15) is 17.2 Å². The first-order chi connectivity index (χ1) is 14.7. The minimum atomic E-state index is -0.560. The third kappa shape index (κ3) is 6.06. The summed E-state index contributed by atoms with van der Waals surface area (Å²) in [7, 11) is 3.27. The standard InChI is InChI=1S/C25H25N3O3/c1-25(2,3)31-24(29)28(4)23-15-10-18(17-26-23)8-6-7-9-20-12-11-19-16-21(30-5)13-14-22(19)27-20/h7,9-17H,1-5H3/b9-7+. The van der Waals surface area contributed by atoms with Gasteiger partial charge in [0.05, 0.1) is 18.3 Å². The molecule has 0 atom stereocenters. The first-order valence-corrected chi connectivity index (χ1v) is 9.81. The quantitative estimate of drug-likeness (QED) is 0.559. The lowest BCUT2D eigenvalue weighted by Gasteiger charge is -2.24. The molecule has 0 radical (unpaired) electrons. The van der Waals surface area contributed by atoms with E-state index in [0.717, 1.165) is 27.9 Å². The molecule has 0 saturated carbocycles. The first-order valence-electron chi connectivity index (χ1n) is 9.81. The molecule has 3 rings (SSSR count). The highest BCUT2D eigenvalue weighted by Crippen LogP contribution is 2.20. The van der Waals surface area contributed by atoms with Crippen molar-refractivity contribution in [3.63, 3.8) is 0 Å². The van der Waals surface area contributed by atoms with Crippen LogP contribution >= 0.6 is 0 Å². The fraction of sp³-hybridized carbons (Fsp3) is 0.240. The Balaban J connectivity index is 1.65. The van der Waals surface area contributed by atoms with Gasteiger partial charge in [-0.2, -0.15) is 0 Å². The van der Waals surface area contributed by atoms with Gasteiger partial charge in [0.15, 0.2) is 0 Å². The van der Waals surface area contributed by atoms with Gasteiger partial charge in [0, 0.05) is 24.2 Å². The van der Waals surface area contributed by atoms with Crippen LogP contribution in [0.4, 0.5) is 10.6 Å². The average Bonchev–Trinajstić information content (AvgIpc) is 2.75. The van der Waals surface area contributed by atoms with E-state index in [2.05, 4.69) is 21.8 Å². The van der Waals surface area contributed by atoms with Crippen LogP contribution in [-0.2, 0) is 4.74 Å². The summed E-state index contributed by atoms with van der Waals surface area (Å²) in [5.74, 6) is 7.30. The number of anilines is 1. The lowest BCUT2D eigenvalue weighted by atomic mass is 10.2. The summed E-state index contributed by atoms with van der Waals surface area (Å²) in [5, 5.41) is 1.02. The Morgan fingerprint density at radius 3 is 2.61 bits per heavy atom. The van der Waals surface area contributed by atoms with Gasteiger partial charge >= 0.3 is 6.09 Å². The molecule has 0 bridgehead atoms. The number of amides is 1. The van der Waals surface area contributed by atoms with Crippen molar-refractivity contribution in [2.45, 2.75) is 26.4 Å². The molecule has 0 aliphatic heterocycles. The maximum Gasteiger partial charge on any atom is 0.415 e. The van der Waals surface area contributed by atoms with E-state index < -0.39 is 11.7 Å². The van der Waals surface area contributed by atoms with E-state index in [-0.39, 0.29) is 0 Å². The van der Waals surface area contributed by atoms with Crippen LogP contribution in [0.25, 0.3) is 17.0 Å². The second-order valence-electron chi connectivity index (χ2n) is 7.84. The minimum Gasteiger partial charge on any atom is -0.497 e. The second kappa shape index (κ2) is 9.31. The molecule has 0 spiro atoms. The van der Waals surface area contributed by atoms with Gasteiger partial charge in [-0.15, -0.1) is 0 Å². The summed E-state index contributed by atoms with van der Waals surface area (Å²) in [6.45, 7) is 5.47. The van der Waals surface area contributed by atoms with E-state index in [1.165, 1.54) is 4.90 Å². The number of hydrogen-bond donors (Lipinski definition) is 0. The number of aromatic nitrogens is 2. The van der Waals surface area contributed by atoms with E-state index in [0.29, 0.717) is 5.82 Å². The molecule has 0 N–H and O–H groups in total. The maximum absolute atomic E-state index is 12.1. The van der Waals surface area contributed by atoms with Gasteiger partial charge in [-0.3, -0.25) is 4.90 Å². The van der Waals surface area contributed by atoms with Crippen molar-refractivity contribution in [2.24, 2.45) is 0 Å². The molecule has 0 aliphatic carbocycles. The number of hydrogen-bond acceptors (Lipinski definition) is 5. The smallest absolute Gasteiger partial charge is 0.415 e. The number of nitrogens with zero attached hydrogens (tertiary/aromatic N) is 3. The predicted molar refractivity (Wildman–Crippen MR) is 123 cm³/mol. The highest BCUT2D eigenvalue weighted by molar-refractivity contribution is 5.86. The summed E-state index contributed by atoms with van der Waals surface area (Å²) >= 11 is 0. The number of carbonyl (C=O) groups excluding carboxylic acids is 1. The topological polar surface area (TPSA) is 64.5 Å². The number of pyridine rings is 2. The molecule has 2 aromatic heterocycles. The fourth-order valence-electron chi connectivity index (χ4n) is 2.67. The predicted octanol–water partition coefficient (Wildman–Crippen LogP) is 5.07. The Bertz CT molecular complexity index is 1170. The SMILES string of the molecule is COc1ccc2nc(/C=C/C#Cc3ccc(N(C)C(=O)OC(C)(C)C)nc3)ccc2c1. The molecule has 31 heavy (non-hydrogen) atoms. The monoisotopic (exact) mass is 415 g/mol. The molecule has 0 unspecified atom stereocenters. The third-order valence-electron chi connectivity index (χ3n) is 4.23. The van der Waals surface area contributed by atoms with Crippen molar-refractivity contribution in [3.8, 4) is 17.6 Å². The van der Waals surface area contributed by atoms with Crippen LogP contribution in [0.5, 0.6) is 5.75 Å². The zero-order valence-electron chi connectivity index (χ0n) is 18.3. The molecule has 0 fully saturated rings. The molecule has 0 saturated heterocycles. The average molecular weight is 415 g/mol. The van der Waals surface area contributed by atoms with Gasteiger partial charge in [-0.05, 0) is 69.3 Å². The fourth-order valence-corrected chi connectivity index (χ4v) is 2.67. The van der Waals surface area contributed by atoms with E-state index >= 15 is 0 Å². The van der Waals surface area contributed by atoms with Crippen molar-refractivity contribution in [2.75, 3.05) is 19.1 Å². The van der Waals surface area contributed by atoms with Crippen LogP contribution < -0.4 is 9.64 Å². The van der Waals surface area contributed by atoms with Crippen molar-refractivity contribution < 1.29 is 14.3 Å². The molecule has 3 aromatic rings. The lowest BCUT2D eigenvalue weighted by Crippen LogP contribution is -2.34. The summed E-state index contributed by atoms with van der Waals surface area (Å²) < 4.78 is 10.6. The summed E-state index contributed by atoms with van der Waals surface area (Å²) in [6, 6.07) is 13.2. The molecular formula is C25H25N3O3. The van der Waals surface area contributed by atoms with Crippen LogP contribution in [0, 0.1) is 11.8 Å². The van der Waals surface area contributed by atoms with Gasteiger partial charge in [-0.25, -0.2) is 14.8 Å². The van der Waals surface area contributed by atoms with Gasteiger partial charge in [-0.1, -0.05) is 17.9 Å². The number of carbonyl (C=O) groups is 1. The minimum absolute atomic E-state index is 0.455. The van der Waals surface area contributed by atoms with Crippen LogP contribution in [0.3, 0.4) is 0 Å². The van der Waals surface area contributed by atoms with E-state index in [1.807, 2.05) is 63.2 Å². The summed E-state index contributed by atoms with van der Waals surface area (Å²) in [5.41, 5.74) is 1.89. The van der Waals surface area contributed by atoms with Crippen LogP contribution in [-0.4, -0.2) is 35.8 Å². The lowest BCUT2D eigenvalue weighted by molar-refractivity contribution is 0.0588. The zero-order valence-corrected chi connectivity index (χ0v) is 18.3. The van der Waals surface area contributed by atoms with Crippen molar-refractivity contribution >= 4 is 28.9 Å². The number of ether oxygens (including phenoxy) is 2. The third-order valence-corrected chi connectivity index (χ3v) is 4.23. The molecule has 6 heteroatoms. The second-order valence-corrected chi connectivity index (χ2v) is 7.84. The Hall–Kier alpha value is -3.85. The van der Waals surface area contributed by atoms with E-state index in [4.69, 9.17) is 9.47 Å². The molecular weight excluding hydrogens is 390 g/mol. The summed E-state index contributed by atoms with van der Waals surface area (Å²) in [6.07, 6.45) is 4.77. The van der Waals surface area contributed by atoms with Gasteiger partial charge in [0.2, 0.25) is 0 Å².